The monoisotopic (exact) mass is 531 g/mol. The molecule has 0 saturated carbocycles. The lowest BCUT2D eigenvalue weighted by Crippen LogP contribution is -2.48. The molecule has 166 valence electrons. The normalized spacial score (nSPS) is 16.3. The number of benzene rings is 1. The topological polar surface area (TPSA) is 126 Å². The molecule has 1 saturated heterocycles. The maximum absolute atomic E-state index is 12.0. The molecule has 4 N–H and O–H groups in total. The quantitative estimate of drug-likeness (QED) is 0.208. The zero-order valence-corrected chi connectivity index (χ0v) is 19.7. The Morgan fingerprint density at radius 3 is 2.53 bits per heavy atom. The van der Waals surface area contributed by atoms with Crippen molar-refractivity contribution < 1.29 is 19.1 Å². The molecule has 10 heteroatoms. The number of carbonyl (C=O) groups excluding carboxylic acids is 3. The second kappa shape index (κ2) is 13.0. The van der Waals surface area contributed by atoms with Crippen LogP contribution in [0.5, 0.6) is 0 Å². The van der Waals surface area contributed by atoms with Crippen LogP contribution in [0.3, 0.4) is 0 Å². The van der Waals surface area contributed by atoms with Gasteiger partial charge < -0.3 is 26.0 Å². The minimum Gasteiger partial charge on any atom is -0.466 e. The highest BCUT2D eigenvalue weighted by atomic mass is 127. The van der Waals surface area contributed by atoms with Gasteiger partial charge in [-0.05, 0) is 37.5 Å². The van der Waals surface area contributed by atoms with E-state index in [0.717, 1.165) is 30.9 Å². The van der Waals surface area contributed by atoms with Crippen LogP contribution < -0.4 is 16.4 Å². The number of rotatable bonds is 7. The highest BCUT2D eigenvalue weighted by Gasteiger charge is 2.28. The number of halogens is 1. The number of aliphatic imine (C=N–C) groups is 1. The van der Waals surface area contributed by atoms with Crippen molar-refractivity contribution >= 4 is 47.7 Å². The smallest absolute Gasteiger partial charge is 0.310 e. The number of ether oxygens (including phenoxy) is 1. The summed E-state index contributed by atoms with van der Waals surface area (Å²) in [5.41, 5.74) is 6.44. The van der Waals surface area contributed by atoms with Gasteiger partial charge in [-0.25, -0.2) is 0 Å². The van der Waals surface area contributed by atoms with Crippen LogP contribution in [0.1, 0.15) is 35.7 Å². The molecule has 0 radical (unpaired) electrons. The number of esters is 1. The van der Waals surface area contributed by atoms with Crippen molar-refractivity contribution in [1.82, 2.24) is 15.5 Å². The molecule has 1 aliphatic rings. The van der Waals surface area contributed by atoms with E-state index >= 15 is 0 Å². The summed E-state index contributed by atoms with van der Waals surface area (Å²) in [5.74, 6) is -0.508. The zero-order valence-electron chi connectivity index (χ0n) is 17.3. The molecular weight excluding hydrogens is 501 g/mol. The van der Waals surface area contributed by atoms with Crippen molar-refractivity contribution in [3.63, 3.8) is 0 Å². The Hall–Kier alpha value is -2.37. The van der Waals surface area contributed by atoms with E-state index in [4.69, 9.17) is 10.5 Å². The molecule has 1 aromatic rings. The average molecular weight is 531 g/mol. The molecule has 0 bridgehead atoms. The number of likely N-dealkylation sites (tertiary alicyclic amines) is 1. The van der Waals surface area contributed by atoms with Gasteiger partial charge in [0.15, 0.2) is 5.96 Å². The molecule has 0 aromatic heterocycles. The van der Waals surface area contributed by atoms with E-state index in [-0.39, 0.29) is 48.3 Å². The van der Waals surface area contributed by atoms with Gasteiger partial charge in [0.25, 0.3) is 5.91 Å². The predicted octanol–water partition coefficient (Wildman–Crippen LogP) is 0.870. The van der Waals surface area contributed by atoms with E-state index in [1.807, 2.05) is 19.1 Å². The number of amides is 2. The largest absolute Gasteiger partial charge is 0.466 e. The molecule has 1 unspecified atom stereocenters. The third-order valence-corrected chi connectivity index (χ3v) is 4.64. The summed E-state index contributed by atoms with van der Waals surface area (Å²) in [4.78, 5) is 41.1. The number of carbonyl (C=O) groups is 3. The summed E-state index contributed by atoms with van der Waals surface area (Å²) >= 11 is 0. The number of primary amides is 1. The third kappa shape index (κ3) is 7.81. The minimum atomic E-state index is -0.589. The van der Waals surface area contributed by atoms with Gasteiger partial charge in [0.2, 0.25) is 5.91 Å². The van der Waals surface area contributed by atoms with Gasteiger partial charge in [0.1, 0.15) is 0 Å². The molecule has 0 aliphatic carbocycles. The fourth-order valence-electron chi connectivity index (χ4n) is 3.18. The van der Waals surface area contributed by atoms with E-state index in [0.29, 0.717) is 25.3 Å². The van der Waals surface area contributed by atoms with Crippen molar-refractivity contribution in [2.45, 2.75) is 26.3 Å². The van der Waals surface area contributed by atoms with Crippen molar-refractivity contribution in [3.05, 3.63) is 35.4 Å². The van der Waals surface area contributed by atoms with Crippen molar-refractivity contribution in [3.8, 4) is 0 Å². The fraction of sp³-hybridized carbons (Fsp3) is 0.500. The van der Waals surface area contributed by atoms with Crippen molar-refractivity contribution in [1.29, 1.82) is 0 Å². The molecule has 1 heterocycles. The van der Waals surface area contributed by atoms with Crippen LogP contribution in [0.4, 0.5) is 0 Å². The van der Waals surface area contributed by atoms with Gasteiger partial charge >= 0.3 is 5.97 Å². The first-order chi connectivity index (χ1) is 13.9. The first-order valence-corrected chi connectivity index (χ1v) is 9.72. The van der Waals surface area contributed by atoms with E-state index in [2.05, 4.69) is 20.5 Å². The number of hydrogen-bond donors (Lipinski definition) is 3. The van der Waals surface area contributed by atoms with E-state index < -0.39 is 5.91 Å². The number of hydrogen-bond acceptors (Lipinski definition) is 5. The SMILES string of the molecule is CCOC(=O)C1CCCN(C(=NC)NCc2ccc(C(=O)NCC(N)=O)cc2)C1.I. The van der Waals surface area contributed by atoms with Gasteiger partial charge in [-0.2, -0.15) is 0 Å². The van der Waals surface area contributed by atoms with Crippen LogP contribution in [0, 0.1) is 5.92 Å². The highest BCUT2D eigenvalue weighted by Crippen LogP contribution is 2.18. The van der Waals surface area contributed by atoms with Crippen molar-refractivity contribution in [2.24, 2.45) is 16.6 Å². The molecule has 2 amide bonds. The Morgan fingerprint density at radius 2 is 1.93 bits per heavy atom. The van der Waals surface area contributed by atoms with E-state index in [9.17, 15) is 14.4 Å². The number of guanidine groups is 1. The number of piperidine rings is 1. The minimum absolute atomic E-state index is 0. The molecule has 1 atom stereocenters. The number of nitrogens with two attached hydrogens (primary N) is 1. The van der Waals surface area contributed by atoms with Crippen LogP contribution in [0.15, 0.2) is 29.3 Å². The Kier molecular flexibility index (Phi) is 11.2. The summed E-state index contributed by atoms with van der Waals surface area (Å²) in [6.45, 7) is 3.94. The Morgan fingerprint density at radius 1 is 1.23 bits per heavy atom. The molecule has 0 spiro atoms. The highest BCUT2D eigenvalue weighted by molar-refractivity contribution is 14.0. The van der Waals surface area contributed by atoms with Gasteiger partial charge in [0, 0.05) is 32.2 Å². The molecule has 30 heavy (non-hydrogen) atoms. The summed E-state index contributed by atoms with van der Waals surface area (Å²) in [7, 11) is 1.71. The van der Waals surface area contributed by atoms with Crippen LogP contribution >= 0.6 is 24.0 Å². The van der Waals surface area contributed by atoms with Crippen LogP contribution in [-0.4, -0.2) is 61.9 Å². The lowest BCUT2D eigenvalue weighted by molar-refractivity contribution is -0.149. The van der Waals surface area contributed by atoms with Crippen LogP contribution in [0.2, 0.25) is 0 Å². The van der Waals surface area contributed by atoms with E-state index in [1.165, 1.54) is 0 Å². The number of nitrogens with one attached hydrogen (secondary N) is 2. The predicted molar refractivity (Wildman–Crippen MR) is 125 cm³/mol. The van der Waals surface area contributed by atoms with Gasteiger partial charge in [0.05, 0.1) is 19.1 Å². The maximum atomic E-state index is 12.0. The molecule has 9 nitrogen and oxygen atoms in total. The summed E-state index contributed by atoms with van der Waals surface area (Å²) < 4.78 is 5.15. The Labute approximate surface area is 193 Å². The van der Waals surface area contributed by atoms with Crippen molar-refractivity contribution in [2.75, 3.05) is 33.3 Å². The first kappa shape index (κ1) is 25.7. The second-order valence-electron chi connectivity index (χ2n) is 6.78. The average Bonchev–Trinajstić information content (AvgIpc) is 2.73. The Balaban J connectivity index is 0.00000450. The summed E-state index contributed by atoms with van der Waals surface area (Å²) in [6, 6.07) is 7.04. The lowest BCUT2D eigenvalue weighted by atomic mass is 9.98. The molecule has 1 aliphatic heterocycles. The fourth-order valence-corrected chi connectivity index (χ4v) is 3.18. The molecule has 1 fully saturated rings. The van der Waals surface area contributed by atoms with Crippen LogP contribution in [0.25, 0.3) is 0 Å². The lowest BCUT2D eigenvalue weighted by Gasteiger charge is -2.34. The second-order valence-corrected chi connectivity index (χ2v) is 6.78. The Bertz CT molecular complexity index is 754. The summed E-state index contributed by atoms with van der Waals surface area (Å²) in [6.07, 6.45) is 1.73. The van der Waals surface area contributed by atoms with E-state index in [1.54, 1.807) is 19.2 Å². The zero-order chi connectivity index (χ0) is 21.2. The maximum Gasteiger partial charge on any atom is 0.310 e. The molecule has 1 aromatic carbocycles. The standard InChI is InChI=1S/C20H29N5O4.HI/c1-3-29-19(28)16-5-4-10-25(13-16)20(22-2)24-11-14-6-8-15(9-7-14)18(27)23-12-17(21)26;/h6-9,16H,3-5,10-13H2,1-2H3,(H2,21,26)(H,22,24)(H,23,27);1H. The molecule has 2 rings (SSSR count). The van der Waals surface area contributed by atoms with Gasteiger partial charge in [-0.1, -0.05) is 12.1 Å². The number of nitrogens with zero attached hydrogens (tertiary/aromatic N) is 2. The van der Waals surface area contributed by atoms with Gasteiger partial charge in [-0.3, -0.25) is 19.4 Å². The summed E-state index contributed by atoms with van der Waals surface area (Å²) in [5, 5.41) is 5.75. The van der Waals surface area contributed by atoms with Crippen LogP contribution in [-0.2, 0) is 20.9 Å². The molecular formula is C20H30IN5O4. The first-order valence-electron chi connectivity index (χ1n) is 9.72. The third-order valence-electron chi connectivity index (χ3n) is 4.64. The van der Waals surface area contributed by atoms with Gasteiger partial charge in [-0.15, -0.1) is 24.0 Å².